The summed E-state index contributed by atoms with van der Waals surface area (Å²) in [5.74, 6) is 0.327. The lowest BCUT2D eigenvalue weighted by Gasteiger charge is -2.16. The van der Waals surface area contributed by atoms with Crippen molar-refractivity contribution in [2.24, 2.45) is 5.41 Å². The minimum absolute atomic E-state index is 0.131. The molecule has 0 heterocycles. The van der Waals surface area contributed by atoms with Gasteiger partial charge in [0.15, 0.2) is 0 Å². The Labute approximate surface area is 109 Å². The second-order valence-corrected chi connectivity index (χ2v) is 5.46. The van der Waals surface area contributed by atoms with E-state index < -0.39 is 5.41 Å². The van der Waals surface area contributed by atoms with Crippen molar-refractivity contribution < 1.29 is 4.79 Å². The smallest absolute Gasteiger partial charge is 0.251 e. The summed E-state index contributed by atoms with van der Waals surface area (Å²) in [6, 6.07) is 9.74. The van der Waals surface area contributed by atoms with Crippen LogP contribution in [0.5, 0.6) is 0 Å². The van der Waals surface area contributed by atoms with Gasteiger partial charge in [-0.3, -0.25) is 4.79 Å². The van der Waals surface area contributed by atoms with Gasteiger partial charge in [0.1, 0.15) is 0 Å². The van der Waals surface area contributed by atoms with Crippen LogP contribution in [0.25, 0.3) is 0 Å². The van der Waals surface area contributed by atoms with E-state index in [2.05, 4.69) is 25.2 Å². The molecule has 1 amide bonds. The zero-order valence-corrected chi connectivity index (χ0v) is 11.4. The first kappa shape index (κ1) is 14.2. The van der Waals surface area contributed by atoms with Crippen molar-refractivity contribution in [1.29, 1.82) is 5.26 Å². The summed E-state index contributed by atoms with van der Waals surface area (Å²) in [6.07, 6.45) is 0. The molecule has 18 heavy (non-hydrogen) atoms. The molecule has 1 aromatic carbocycles. The second-order valence-electron chi connectivity index (χ2n) is 5.46. The lowest BCUT2D eigenvalue weighted by atomic mass is 9.96. The Kier molecular flexibility index (Phi) is 4.49. The van der Waals surface area contributed by atoms with E-state index in [0.717, 1.165) is 0 Å². The van der Waals surface area contributed by atoms with Crippen molar-refractivity contribution in [3.8, 4) is 6.07 Å². The van der Waals surface area contributed by atoms with Gasteiger partial charge in [0.2, 0.25) is 0 Å². The first-order valence-electron chi connectivity index (χ1n) is 6.15. The molecule has 0 atom stereocenters. The molecule has 0 spiro atoms. The fourth-order valence-corrected chi connectivity index (χ4v) is 1.46. The summed E-state index contributed by atoms with van der Waals surface area (Å²) in [5.41, 5.74) is 1.31. The van der Waals surface area contributed by atoms with Crippen LogP contribution in [-0.4, -0.2) is 12.5 Å². The number of benzene rings is 1. The van der Waals surface area contributed by atoms with Crippen molar-refractivity contribution in [3.63, 3.8) is 0 Å². The molecule has 0 fully saturated rings. The molecule has 0 unspecified atom stereocenters. The summed E-state index contributed by atoms with van der Waals surface area (Å²) in [6.45, 7) is 8.19. The molecular weight excluding hydrogens is 224 g/mol. The Balaban J connectivity index is 2.66. The molecule has 0 radical (unpaired) electrons. The SMILES string of the molecule is CC(C)c1ccc(C(=O)NCC(C)(C)C#N)cc1. The highest BCUT2D eigenvalue weighted by atomic mass is 16.1. The van der Waals surface area contributed by atoms with Gasteiger partial charge in [0, 0.05) is 12.1 Å². The average Bonchev–Trinajstić information content (AvgIpc) is 2.36. The zero-order chi connectivity index (χ0) is 13.8. The van der Waals surface area contributed by atoms with Crippen LogP contribution in [0.4, 0.5) is 0 Å². The quantitative estimate of drug-likeness (QED) is 0.884. The van der Waals surface area contributed by atoms with Crippen LogP contribution in [0.2, 0.25) is 0 Å². The molecule has 0 aromatic heterocycles. The number of hydrogen-bond donors (Lipinski definition) is 1. The predicted octanol–water partition coefficient (Wildman–Crippen LogP) is 3.09. The number of hydrogen-bond acceptors (Lipinski definition) is 2. The summed E-state index contributed by atoms with van der Waals surface area (Å²) in [4.78, 5) is 11.9. The van der Waals surface area contributed by atoms with Crippen LogP contribution in [0.3, 0.4) is 0 Å². The third-order valence-electron chi connectivity index (χ3n) is 2.83. The fourth-order valence-electron chi connectivity index (χ4n) is 1.46. The largest absolute Gasteiger partial charge is 0.350 e. The maximum absolute atomic E-state index is 11.9. The van der Waals surface area contributed by atoms with Crippen molar-refractivity contribution in [1.82, 2.24) is 5.32 Å². The minimum atomic E-state index is -0.534. The van der Waals surface area contributed by atoms with E-state index in [4.69, 9.17) is 5.26 Å². The predicted molar refractivity (Wildman–Crippen MR) is 72.3 cm³/mol. The number of carbonyl (C=O) groups is 1. The van der Waals surface area contributed by atoms with Gasteiger partial charge in [-0.1, -0.05) is 26.0 Å². The molecule has 96 valence electrons. The second kappa shape index (κ2) is 5.68. The molecule has 1 rings (SSSR count). The number of nitrogens with one attached hydrogen (secondary N) is 1. The highest BCUT2D eigenvalue weighted by molar-refractivity contribution is 5.94. The molecule has 1 N–H and O–H groups in total. The zero-order valence-electron chi connectivity index (χ0n) is 11.4. The normalized spacial score (nSPS) is 11.1. The van der Waals surface area contributed by atoms with E-state index in [1.54, 1.807) is 13.8 Å². The van der Waals surface area contributed by atoms with E-state index in [0.29, 0.717) is 18.0 Å². The number of amides is 1. The van der Waals surface area contributed by atoms with Gasteiger partial charge in [0.05, 0.1) is 11.5 Å². The summed E-state index contributed by atoms with van der Waals surface area (Å²) < 4.78 is 0. The van der Waals surface area contributed by atoms with Crippen LogP contribution < -0.4 is 5.32 Å². The van der Waals surface area contributed by atoms with Crippen LogP contribution in [-0.2, 0) is 0 Å². The average molecular weight is 244 g/mol. The molecule has 0 saturated carbocycles. The van der Waals surface area contributed by atoms with E-state index in [1.165, 1.54) is 5.56 Å². The number of nitriles is 1. The molecule has 1 aromatic rings. The van der Waals surface area contributed by atoms with Crippen LogP contribution in [0, 0.1) is 16.7 Å². The molecule has 0 aliphatic carbocycles. The Morgan fingerprint density at radius 1 is 1.33 bits per heavy atom. The van der Waals surface area contributed by atoms with E-state index in [9.17, 15) is 4.79 Å². The Morgan fingerprint density at radius 2 is 1.89 bits per heavy atom. The lowest BCUT2D eigenvalue weighted by Crippen LogP contribution is -2.33. The third kappa shape index (κ3) is 3.89. The highest BCUT2D eigenvalue weighted by Gasteiger charge is 2.18. The molecule has 0 aliphatic heterocycles. The molecule has 0 aliphatic rings. The van der Waals surface area contributed by atoms with Gasteiger partial charge in [-0.25, -0.2) is 0 Å². The first-order valence-corrected chi connectivity index (χ1v) is 6.15. The molecule has 3 heteroatoms. The monoisotopic (exact) mass is 244 g/mol. The topological polar surface area (TPSA) is 52.9 Å². The molecular formula is C15H20N2O. The lowest BCUT2D eigenvalue weighted by molar-refractivity contribution is 0.0943. The van der Waals surface area contributed by atoms with Gasteiger partial charge < -0.3 is 5.32 Å². The molecule has 0 saturated heterocycles. The third-order valence-corrected chi connectivity index (χ3v) is 2.83. The number of carbonyl (C=O) groups excluding carboxylic acids is 1. The fraction of sp³-hybridized carbons (Fsp3) is 0.467. The summed E-state index contributed by atoms with van der Waals surface area (Å²) in [7, 11) is 0. The van der Waals surface area contributed by atoms with Crippen LogP contribution >= 0.6 is 0 Å². The molecule has 0 bridgehead atoms. The van der Waals surface area contributed by atoms with Crippen molar-refractivity contribution in [3.05, 3.63) is 35.4 Å². The Bertz CT molecular complexity index is 452. The standard InChI is InChI=1S/C15H20N2O/c1-11(2)12-5-7-13(8-6-12)14(18)17-10-15(3,4)9-16/h5-8,11H,10H2,1-4H3,(H,17,18). The van der Waals surface area contributed by atoms with Crippen molar-refractivity contribution >= 4 is 5.91 Å². The summed E-state index contributed by atoms with van der Waals surface area (Å²) >= 11 is 0. The van der Waals surface area contributed by atoms with Crippen LogP contribution in [0.1, 0.15) is 49.5 Å². The number of nitrogens with zero attached hydrogens (tertiary/aromatic N) is 1. The van der Waals surface area contributed by atoms with E-state index >= 15 is 0 Å². The van der Waals surface area contributed by atoms with Gasteiger partial charge in [-0.05, 0) is 37.5 Å². The van der Waals surface area contributed by atoms with Crippen molar-refractivity contribution in [2.45, 2.75) is 33.6 Å². The van der Waals surface area contributed by atoms with Gasteiger partial charge in [-0.2, -0.15) is 5.26 Å². The maximum atomic E-state index is 11.9. The van der Waals surface area contributed by atoms with Gasteiger partial charge in [-0.15, -0.1) is 0 Å². The number of rotatable bonds is 4. The Hall–Kier alpha value is -1.82. The van der Waals surface area contributed by atoms with Crippen molar-refractivity contribution in [2.75, 3.05) is 6.54 Å². The molecule has 3 nitrogen and oxygen atoms in total. The van der Waals surface area contributed by atoms with Gasteiger partial charge >= 0.3 is 0 Å². The summed E-state index contributed by atoms with van der Waals surface area (Å²) in [5, 5.41) is 11.7. The highest BCUT2D eigenvalue weighted by Crippen LogP contribution is 2.15. The minimum Gasteiger partial charge on any atom is -0.350 e. The van der Waals surface area contributed by atoms with Gasteiger partial charge in [0.25, 0.3) is 5.91 Å². The van der Waals surface area contributed by atoms with E-state index in [-0.39, 0.29) is 5.91 Å². The Morgan fingerprint density at radius 3 is 2.33 bits per heavy atom. The maximum Gasteiger partial charge on any atom is 0.251 e. The first-order chi connectivity index (χ1) is 8.35. The van der Waals surface area contributed by atoms with E-state index in [1.807, 2.05) is 24.3 Å². The van der Waals surface area contributed by atoms with Crippen LogP contribution in [0.15, 0.2) is 24.3 Å².